The molecular formula is C27H46N8O6. The van der Waals surface area contributed by atoms with Crippen LogP contribution in [0.2, 0.25) is 0 Å². The van der Waals surface area contributed by atoms with Crippen LogP contribution in [0.15, 0.2) is 29.3 Å². The molecule has 1 aromatic rings. The fourth-order valence-electron chi connectivity index (χ4n) is 4.01. The summed E-state index contributed by atoms with van der Waals surface area (Å²) in [6.07, 6.45) is 2.43. The molecule has 1 rings (SSSR count). The van der Waals surface area contributed by atoms with Crippen molar-refractivity contribution in [2.75, 3.05) is 13.1 Å². The number of phenols is 1. The van der Waals surface area contributed by atoms with E-state index in [1.54, 1.807) is 12.1 Å². The predicted molar refractivity (Wildman–Crippen MR) is 155 cm³/mol. The van der Waals surface area contributed by atoms with Crippen molar-refractivity contribution in [2.24, 2.45) is 33.8 Å². The van der Waals surface area contributed by atoms with Crippen molar-refractivity contribution in [3.63, 3.8) is 0 Å². The van der Waals surface area contributed by atoms with Crippen LogP contribution in [0.1, 0.15) is 57.9 Å². The molecule has 14 heteroatoms. The quantitative estimate of drug-likeness (QED) is 0.0551. The number of carboxylic acids is 1. The van der Waals surface area contributed by atoms with E-state index in [1.165, 1.54) is 12.1 Å². The minimum absolute atomic E-state index is 0.0211. The first-order valence-electron chi connectivity index (χ1n) is 13.8. The molecule has 0 heterocycles. The summed E-state index contributed by atoms with van der Waals surface area (Å²) >= 11 is 0. The van der Waals surface area contributed by atoms with Crippen LogP contribution in [0.5, 0.6) is 5.75 Å². The molecule has 0 saturated carbocycles. The van der Waals surface area contributed by atoms with Crippen molar-refractivity contribution in [3.05, 3.63) is 29.8 Å². The maximum absolute atomic E-state index is 13.3. The topological polar surface area (TPSA) is 261 Å². The Labute approximate surface area is 240 Å². The average Bonchev–Trinajstić information content (AvgIpc) is 2.90. The highest BCUT2D eigenvalue weighted by atomic mass is 16.4. The van der Waals surface area contributed by atoms with Crippen LogP contribution >= 0.6 is 0 Å². The lowest BCUT2D eigenvalue weighted by atomic mass is 10.0. The van der Waals surface area contributed by atoms with Crippen LogP contribution in [-0.4, -0.2) is 77.1 Å². The van der Waals surface area contributed by atoms with Crippen molar-refractivity contribution in [1.29, 1.82) is 0 Å². The standard InChI is InChI=1S/C27H46N8O6/c1-16(2)14-21(34-23(37)19(29)6-3-4-12-28)25(39)33-20(7-5-13-32-27(30)31)24(38)35-22(26(40)41)15-17-8-10-18(36)11-9-17/h8-11,16,19-22,36H,3-7,12-15,28-29H2,1-2H3,(H,33,39)(H,34,37)(H,35,38)(H,40,41)(H4,30,31,32). The largest absolute Gasteiger partial charge is 0.508 e. The summed E-state index contributed by atoms with van der Waals surface area (Å²) in [5.74, 6) is -3.17. The third kappa shape index (κ3) is 14.3. The number of carbonyl (C=O) groups is 4. The number of carboxylic acid groups (broad SMARTS) is 1. The van der Waals surface area contributed by atoms with Gasteiger partial charge in [0.15, 0.2) is 5.96 Å². The number of nitrogens with zero attached hydrogens (tertiary/aromatic N) is 1. The summed E-state index contributed by atoms with van der Waals surface area (Å²) in [5, 5.41) is 27.0. The lowest BCUT2D eigenvalue weighted by Crippen LogP contribution is -2.57. The van der Waals surface area contributed by atoms with Crippen LogP contribution in [0.25, 0.3) is 0 Å². The van der Waals surface area contributed by atoms with Gasteiger partial charge in [0.2, 0.25) is 17.7 Å². The molecule has 0 aliphatic heterocycles. The summed E-state index contributed by atoms with van der Waals surface area (Å²) in [7, 11) is 0. The van der Waals surface area contributed by atoms with Gasteiger partial charge in [0.1, 0.15) is 23.9 Å². The fraction of sp³-hybridized carbons (Fsp3) is 0.593. The van der Waals surface area contributed by atoms with Crippen LogP contribution < -0.4 is 38.9 Å². The number of benzene rings is 1. The molecule has 41 heavy (non-hydrogen) atoms. The second-order valence-corrected chi connectivity index (χ2v) is 10.4. The number of nitrogens with two attached hydrogens (primary N) is 4. The highest BCUT2D eigenvalue weighted by Crippen LogP contribution is 2.12. The molecule has 0 aromatic heterocycles. The Kier molecular flexibility index (Phi) is 15.8. The number of rotatable bonds is 19. The molecule has 1 aromatic carbocycles. The van der Waals surface area contributed by atoms with E-state index >= 15 is 0 Å². The maximum atomic E-state index is 13.3. The first-order valence-corrected chi connectivity index (χ1v) is 13.8. The molecule has 0 aliphatic rings. The Balaban J connectivity index is 3.06. The van der Waals surface area contributed by atoms with E-state index in [-0.39, 0.29) is 43.4 Å². The van der Waals surface area contributed by atoms with Gasteiger partial charge in [-0.25, -0.2) is 4.79 Å². The van der Waals surface area contributed by atoms with Crippen molar-refractivity contribution in [2.45, 2.75) is 83.0 Å². The lowest BCUT2D eigenvalue weighted by Gasteiger charge is -2.26. The molecule has 3 amide bonds. The molecular weight excluding hydrogens is 532 g/mol. The molecule has 0 aliphatic carbocycles. The van der Waals surface area contributed by atoms with Crippen LogP contribution in [0.4, 0.5) is 0 Å². The first-order chi connectivity index (χ1) is 19.3. The number of carbonyl (C=O) groups excluding carboxylic acids is 3. The lowest BCUT2D eigenvalue weighted by molar-refractivity contribution is -0.142. The van der Waals surface area contributed by atoms with E-state index in [2.05, 4.69) is 20.9 Å². The molecule has 13 N–H and O–H groups in total. The molecule has 0 spiro atoms. The van der Waals surface area contributed by atoms with Gasteiger partial charge in [0.25, 0.3) is 0 Å². The van der Waals surface area contributed by atoms with Gasteiger partial charge in [-0.2, -0.15) is 0 Å². The Hall–Kier alpha value is -3.91. The van der Waals surface area contributed by atoms with E-state index in [0.29, 0.717) is 31.4 Å². The SMILES string of the molecule is CC(C)CC(NC(=O)C(N)CCCCN)C(=O)NC(CCCN=C(N)N)C(=O)NC(Cc1ccc(O)cc1)C(=O)O. The van der Waals surface area contributed by atoms with Gasteiger partial charge in [-0.05, 0) is 62.3 Å². The summed E-state index contributed by atoms with van der Waals surface area (Å²) in [5.41, 5.74) is 22.8. The van der Waals surface area contributed by atoms with Gasteiger partial charge < -0.3 is 49.1 Å². The molecule has 230 valence electrons. The number of aliphatic imine (C=N–C) groups is 1. The van der Waals surface area contributed by atoms with Crippen LogP contribution in [0.3, 0.4) is 0 Å². The van der Waals surface area contributed by atoms with E-state index in [0.717, 1.165) is 6.42 Å². The zero-order valence-electron chi connectivity index (χ0n) is 23.8. The predicted octanol–water partition coefficient (Wildman–Crippen LogP) is -0.970. The highest BCUT2D eigenvalue weighted by molar-refractivity contribution is 5.94. The summed E-state index contributed by atoms with van der Waals surface area (Å²) in [6, 6.07) is 1.69. The van der Waals surface area contributed by atoms with Gasteiger partial charge in [0, 0.05) is 13.0 Å². The Morgan fingerprint density at radius 1 is 0.854 bits per heavy atom. The minimum atomic E-state index is -1.30. The average molecular weight is 579 g/mol. The number of unbranched alkanes of at least 4 members (excludes halogenated alkanes) is 1. The van der Waals surface area contributed by atoms with Crippen LogP contribution in [-0.2, 0) is 25.6 Å². The minimum Gasteiger partial charge on any atom is -0.508 e. The molecule has 0 radical (unpaired) electrons. The molecule has 0 bridgehead atoms. The smallest absolute Gasteiger partial charge is 0.326 e. The molecule has 4 atom stereocenters. The number of hydrogen-bond donors (Lipinski definition) is 9. The number of amides is 3. The first kappa shape index (κ1) is 35.1. The van der Waals surface area contributed by atoms with Gasteiger partial charge >= 0.3 is 5.97 Å². The third-order valence-electron chi connectivity index (χ3n) is 6.22. The summed E-state index contributed by atoms with van der Waals surface area (Å²) in [6.45, 7) is 4.43. The Morgan fingerprint density at radius 2 is 1.44 bits per heavy atom. The van der Waals surface area contributed by atoms with Gasteiger partial charge in [-0.15, -0.1) is 0 Å². The molecule has 14 nitrogen and oxygen atoms in total. The monoisotopic (exact) mass is 578 g/mol. The summed E-state index contributed by atoms with van der Waals surface area (Å²) in [4.78, 5) is 55.1. The number of guanidine groups is 1. The Bertz CT molecular complexity index is 1010. The van der Waals surface area contributed by atoms with Gasteiger partial charge in [-0.3, -0.25) is 19.4 Å². The normalized spacial score (nSPS) is 13.9. The number of nitrogens with one attached hydrogen (secondary N) is 3. The Morgan fingerprint density at radius 3 is 2.00 bits per heavy atom. The zero-order chi connectivity index (χ0) is 30.9. The highest BCUT2D eigenvalue weighted by Gasteiger charge is 2.30. The number of hydrogen-bond acceptors (Lipinski definition) is 8. The maximum Gasteiger partial charge on any atom is 0.326 e. The number of aliphatic carboxylic acids is 1. The molecule has 4 unspecified atom stereocenters. The van der Waals surface area contributed by atoms with Crippen LogP contribution in [0, 0.1) is 5.92 Å². The fourth-order valence-corrected chi connectivity index (χ4v) is 4.01. The zero-order valence-corrected chi connectivity index (χ0v) is 23.8. The van der Waals surface area contributed by atoms with Gasteiger partial charge in [0.05, 0.1) is 6.04 Å². The number of aromatic hydroxyl groups is 1. The third-order valence-corrected chi connectivity index (χ3v) is 6.22. The van der Waals surface area contributed by atoms with E-state index in [1.807, 2.05) is 13.8 Å². The molecule has 0 fully saturated rings. The van der Waals surface area contributed by atoms with Crippen molar-refractivity contribution in [1.82, 2.24) is 16.0 Å². The van der Waals surface area contributed by atoms with Crippen molar-refractivity contribution < 1.29 is 29.4 Å². The van der Waals surface area contributed by atoms with Crippen molar-refractivity contribution >= 4 is 29.7 Å². The number of phenolic OH excluding ortho intramolecular Hbond substituents is 1. The summed E-state index contributed by atoms with van der Waals surface area (Å²) < 4.78 is 0. The van der Waals surface area contributed by atoms with Gasteiger partial charge in [-0.1, -0.05) is 32.4 Å². The van der Waals surface area contributed by atoms with E-state index in [9.17, 15) is 29.4 Å². The second-order valence-electron chi connectivity index (χ2n) is 10.4. The van der Waals surface area contributed by atoms with Crippen molar-refractivity contribution in [3.8, 4) is 5.75 Å². The molecule has 0 saturated heterocycles. The van der Waals surface area contributed by atoms with E-state index < -0.39 is 47.9 Å². The second kappa shape index (κ2) is 18.4. The van der Waals surface area contributed by atoms with E-state index in [4.69, 9.17) is 22.9 Å².